The van der Waals surface area contributed by atoms with Gasteiger partial charge in [-0.2, -0.15) is 13.2 Å². The van der Waals surface area contributed by atoms with Gasteiger partial charge in [0.25, 0.3) is 0 Å². The van der Waals surface area contributed by atoms with Crippen molar-refractivity contribution < 1.29 is 26.3 Å². The number of hydrogen-bond acceptors (Lipinski definition) is 0. The van der Waals surface area contributed by atoms with E-state index >= 15 is 0 Å². The molecular weight excluding hydrogens is 474 g/mol. The van der Waals surface area contributed by atoms with E-state index in [0.29, 0.717) is 11.5 Å². The SMILES string of the molecule is CCCCCC1CCC(C2CCC(c3cc(F)c4c(F)c(C#CC(F)(F)F)c(F)cc4c3)CC2)CC1. The van der Waals surface area contributed by atoms with Gasteiger partial charge in [-0.1, -0.05) is 57.4 Å². The maximum atomic E-state index is 14.9. The van der Waals surface area contributed by atoms with E-state index in [1.807, 2.05) is 0 Å². The Morgan fingerprint density at radius 3 is 2.06 bits per heavy atom. The van der Waals surface area contributed by atoms with Gasteiger partial charge >= 0.3 is 6.18 Å². The minimum absolute atomic E-state index is 0.0149. The van der Waals surface area contributed by atoms with Crippen LogP contribution in [0.25, 0.3) is 10.8 Å². The maximum Gasteiger partial charge on any atom is 0.458 e. The molecule has 36 heavy (non-hydrogen) atoms. The average Bonchev–Trinajstić information content (AvgIpc) is 2.83. The van der Waals surface area contributed by atoms with Gasteiger partial charge in [0.1, 0.15) is 11.6 Å². The molecule has 0 bridgehead atoms. The largest absolute Gasteiger partial charge is 0.458 e. The Labute approximate surface area is 209 Å². The molecule has 0 amide bonds. The quantitative estimate of drug-likeness (QED) is 0.207. The van der Waals surface area contributed by atoms with E-state index in [4.69, 9.17) is 0 Å². The van der Waals surface area contributed by atoms with Crippen molar-refractivity contribution >= 4 is 10.8 Å². The third kappa shape index (κ3) is 6.39. The molecule has 4 rings (SSSR count). The molecular formula is C30H34F6. The fourth-order valence-corrected chi connectivity index (χ4v) is 6.47. The molecule has 2 aliphatic rings. The Hall–Kier alpha value is -2.16. The van der Waals surface area contributed by atoms with Crippen LogP contribution in [0.4, 0.5) is 26.3 Å². The summed E-state index contributed by atoms with van der Waals surface area (Å²) in [5, 5.41) is -0.503. The third-order valence-electron chi connectivity index (χ3n) is 8.45. The highest BCUT2D eigenvalue weighted by molar-refractivity contribution is 5.86. The molecule has 0 atom stereocenters. The van der Waals surface area contributed by atoms with Crippen LogP contribution in [-0.2, 0) is 0 Å². The molecule has 0 saturated heterocycles. The van der Waals surface area contributed by atoms with Gasteiger partial charge in [-0.15, -0.1) is 0 Å². The van der Waals surface area contributed by atoms with Crippen molar-refractivity contribution in [2.24, 2.45) is 17.8 Å². The van der Waals surface area contributed by atoms with Gasteiger partial charge in [-0.25, -0.2) is 13.2 Å². The Bertz CT molecular complexity index is 1110. The van der Waals surface area contributed by atoms with Gasteiger partial charge in [-0.05, 0) is 85.3 Å². The Balaban J connectivity index is 1.42. The number of halogens is 6. The Morgan fingerprint density at radius 1 is 0.806 bits per heavy atom. The van der Waals surface area contributed by atoms with Crippen molar-refractivity contribution in [1.29, 1.82) is 0 Å². The van der Waals surface area contributed by atoms with Crippen molar-refractivity contribution in [3.05, 3.63) is 46.8 Å². The molecule has 2 aliphatic carbocycles. The second-order valence-corrected chi connectivity index (χ2v) is 10.8. The van der Waals surface area contributed by atoms with Gasteiger partial charge in [0.2, 0.25) is 0 Å². The van der Waals surface area contributed by atoms with Crippen LogP contribution >= 0.6 is 0 Å². The van der Waals surface area contributed by atoms with Crippen LogP contribution in [-0.4, -0.2) is 6.18 Å². The minimum Gasteiger partial charge on any atom is -0.206 e. The molecule has 2 fully saturated rings. The lowest BCUT2D eigenvalue weighted by Crippen LogP contribution is -2.25. The zero-order chi connectivity index (χ0) is 25.9. The standard InChI is InChI=1S/C30H34F6/c1-2-3-4-5-19-6-8-20(9-7-19)21-10-12-22(13-11-21)23-16-24-18-26(31)25(14-15-30(34,35)36)29(33)28(24)27(32)17-23/h16-22H,2-13H2,1H3. The number of alkyl halides is 3. The summed E-state index contributed by atoms with van der Waals surface area (Å²) in [7, 11) is 0. The van der Waals surface area contributed by atoms with Crippen LogP contribution < -0.4 is 0 Å². The molecule has 0 N–H and O–H groups in total. The first-order valence-electron chi connectivity index (χ1n) is 13.4. The van der Waals surface area contributed by atoms with Crippen molar-refractivity contribution in [3.63, 3.8) is 0 Å². The lowest BCUT2D eigenvalue weighted by molar-refractivity contribution is -0.0696. The topological polar surface area (TPSA) is 0 Å². The van der Waals surface area contributed by atoms with Crippen molar-refractivity contribution in [2.75, 3.05) is 0 Å². The van der Waals surface area contributed by atoms with E-state index in [2.05, 4.69) is 6.92 Å². The predicted molar refractivity (Wildman–Crippen MR) is 131 cm³/mol. The van der Waals surface area contributed by atoms with Gasteiger partial charge in [0, 0.05) is 5.92 Å². The highest BCUT2D eigenvalue weighted by atomic mass is 19.4. The van der Waals surface area contributed by atoms with Crippen molar-refractivity contribution in [2.45, 2.75) is 96.1 Å². The maximum absolute atomic E-state index is 14.9. The van der Waals surface area contributed by atoms with Crippen LogP contribution in [0.1, 0.15) is 101 Å². The lowest BCUT2D eigenvalue weighted by Gasteiger charge is -2.38. The molecule has 2 aromatic rings. The van der Waals surface area contributed by atoms with E-state index in [0.717, 1.165) is 49.5 Å². The van der Waals surface area contributed by atoms with Crippen molar-refractivity contribution in [1.82, 2.24) is 0 Å². The van der Waals surface area contributed by atoms with Gasteiger partial charge < -0.3 is 0 Å². The number of fused-ring (bicyclic) bond motifs is 1. The molecule has 0 radical (unpaired) electrons. The van der Waals surface area contributed by atoms with Crippen LogP contribution in [0.3, 0.4) is 0 Å². The first kappa shape index (κ1) is 26.9. The smallest absolute Gasteiger partial charge is 0.206 e. The number of unbranched alkanes of at least 4 members (excludes halogenated alkanes) is 2. The fraction of sp³-hybridized carbons (Fsp3) is 0.600. The summed E-state index contributed by atoms with van der Waals surface area (Å²) >= 11 is 0. The molecule has 2 aromatic carbocycles. The molecule has 0 aliphatic heterocycles. The predicted octanol–water partition coefficient (Wildman–Crippen LogP) is 9.83. The zero-order valence-corrected chi connectivity index (χ0v) is 20.8. The van der Waals surface area contributed by atoms with E-state index in [9.17, 15) is 26.3 Å². The first-order valence-corrected chi connectivity index (χ1v) is 13.4. The monoisotopic (exact) mass is 508 g/mol. The van der Waals surface area contributed by atoms with E-state index in [-0.39, 0.29) is 11.3 Å². The second-order valence-electron chi connectivity index (χ2n) is 10.8. The molecule has 196 valence electrons. The minimum atomic E-state index is -4.90. The van der Waals surface area contributed by atoms with Crippen LogP contribution in [0.2, 0.25) is 0 Å². The molecule has 2 saturated carbocycles. The van der Waals surface area contributed by atoms with Crippen molar-refractivity contribution in [3.8, 4) is 11.8 Å². The lowest BCUT2D eigenvalue weighted by atomic mass is 9.68. The molecule has 0 aromatic heterocycles. The van der Waals surface area contributed by atoms with Gasteiger partial charge in [-0.3, -0.25) is 0 Å². The Morgan fingerprint density at radius 2 is 1.44 bits per heavy atom. The summed E-state index contributed by atoms with van der Waals surface area (Å²) < 4.78 is 81.2. The number of rotatable bonds is 6. The summed E-state index contributed by atoms with van der Waals surface area (Å²) in [6, 6.07) is 3.73. The summed E-state index contributed by atoms with van der Waals surface area (Å²) in [6.45, 7) is 2.24. The van der Waals surface area contributed by atoms with E-state index in [1.165, 1.54) is 63.4 Å². The van der Waals surface area contributed by atoms with E-state index in [1.54, 1.807) is 6.07 Å². The summed E-state index contributed by atoms with van der Waals surface area (Å²) in [5.74, 6) is 1.28. The average molecular weight is 509 g/mol. The number of hydrogen-bond donors (Lipinski definition) is 0. The highest BCUT2D eigenvalue weighted by Crippen LogP contribution is 2.45. The van der Waals surface area contributed by atoms with E-state index < -0.39 is 34.6 Å². The van der Waals surface area contributed by atoms with Gasteiger partial charge in [0.15, 0.2) is 5.82 Å². The number of benzene rings is 2. The highest BCUT2D eigenvalue weighted by Gasteiger charge is 2.32. The molecule has 0 nitrogen and oxygen atoms in total. The molecule has 0 unspecified atom stereocenters. The summed E-state index contributed by atoms with van der Waals surface area (Å²) in [4.78, 5) is 0. The Kier molecular flexibility index (Phi) is 8.58. The first-order chi connectivity index (χ1) is 17.2. The summed E-state index contributed by atoms with van der Waals surface area (Å²) in [6.07, 6.45) is 9.62. The molecule has 0 spiro atoms. The molecule has 6 heteroatoms. The molecule has 0 heterocycles. The normalized spacial score (nSPS) is 25.0. The second kappa shape index (κ2) is 11.5. The summed E-state index contributed by atoms with van der Waals surface area (Å²) in [5.41, 5.74) is -0.363. The van der Waals surface area contributed by atoms with Crippen LogP contribution in [0, 0.1) is 47.0 Å². The fourth-order valence-electron chi connectivity index (χ4n) is 6.47. The van der Waals surface area contributed by atoms with Crippen LogP contribution in [0.15, 0.2) is 18.2 Å². The van der Waals surface area contributed by atoms with Gasteiger partial charge in [0.05, 0.1) is 10.9 Å². The van der Waals surface area contributed by atoms with Crippen LogP contribution in [0.5, 0.6) is 0 Å². The zero-order valence-electron chi connectivity index (χ0n) is 20.8. The third-order valence-corrected chi connectivity index (χ3v) is 8.45.